The van der Waals surface area contributed by atoms with Gasteiger partial charge in [-0.25, -0.2) is 8.78 Å². The van der Waals surface area contributed by atoms with E-state index in [0.29, 0.717) is 5.69 Å². The predicted octanol–water partition coefficient (Wildman–Crippen LogP) is 3.84. The lowest BCUT2D eigenvalue weighted by atomic mass is 10.1. The molecule has 1 fully saturated rings. The number of pyridine rings is 1. The highest BCUT2D eigenvalue weighted by atomic mass is 19.1. The fourth-order valence-electron chi connectivity index (χ4n) is 3.28. The van der Waals surface area contributed by atoms with Gasteiger partial charge < -0.3 is 9.80 Å². The van der Waals surface area contributed by atoms with Crippen LogP contribution in [0.25, 0.3) is 10.9 Å². The molecule has 0 N–H and O–H groups in total. The minimum Gasteiger partial charge on any atom is -0.368 e. The molecule has 1 aromatic heterocycles. The highest BCUT2D eigenvalue weighted by Gasteiger charge is 2.21. The van der Waals surface area contributed by atoms with Crippen LogP contribution < -0.4 is 9.80 Å². The third-order valence-electron chi connectivity index (χ3n) is 4.51. The Labute approximate surface area is 139 Å². The standard InChI is InChI=1S/C19H17F2N3/c20-15-6-7-16(21)19-18(15)17(8-9-22-19)24-12-10-23(11-13-24)14-4-2-1-3-5-14/h1-9H,10-13H2. The first-order chi connectivity index (χ1) is 11.7. The van der Waals surface area contributed by atoms with Crippen molar-refractivity contribution in [3.8, 4) is 0 Å². The van der Waals surface area contributed by atoms with Crippen LogP contribution in [0.4, 0.5) is 20.2 Å². The second-order valence-electron chi connectivity index (χ2n) is 5.89. The fraction of sp³-hybridized carbons (Fsp3) is 0.211. The van der Waals surface area contributed by atoms with Crippen LogP contribution in [0, 0.1) is 11.6 Å². The lowest BCUT2D eigenvalue weighted by Gasteiger charge is -2.37. The summed E-state index contributed by atoms with van der Waals surface area (Å²) in [5, 5.41) is 0.269. The van der Waals surface area contributed by atoms with Crippen molar-refractivity contribution in [1.29, 1.82) is 0 Å². The summed E-state index contributed by atoms with van der Waals surface area (Å²) < 4.78 is 28.2. The zero-order valence-corrected chi connectivity index (χ0v) is 13.1. The summed E-state index contributed by atoms with van der Waals surface area (Å²) in [6.45, 7) is 3.18. The first-order valence-corrected chi connectivity index (χ1v) is 8.02. The smallest absolute Gasteiger partial charge is 0.149 e. The highest BCUT2D eigenvalue weighted by molar-refractivity contribution is 5.92. The monoisotopic (exact) mass is 325 g/mol. The van der Waals surface area contributed by atoms with Crippen molar-refractivity contribution in [1.82, 2.24) is 4.98 Å². The molecular weight excluding hydrogens is 308 g/mol. The van der Waals surface area contributed by atoms with E-state index in [-0.39, 0.29) is 10.9 Å². The van der Waals surface area contributed by atoms with E-state index in [1.54, 1.807) is 12.3 Å². The summed E-state index contributed by atoms with van der Waals surface area (Å²) in [4.78, 5) is 8.41. The van der Waals surface area contributed by atoms with Crippen molar-refractivity contribution < 1.29 is 8.78 Å². The zero-order chi connectivity index (χ0) is 16.5. The Morgan fingerprint density at radius 1 is 0.750 bits per heavy atom. The van der Waals surface area contributed by atoms with Crippen molar-refractivity contribution in [3.63, 3.8) is 0 Å². The minimum atomic E-state index is -0.490. The van der Waals surface area contributed by atoms with Gasteiger partial charge in [0.1, 0.15) is 17.2 Å². The number of piperazine rings is 1. The number of hydrogen-bond acceptors (Lipinski definition) is 3. The van der Waals surface area contributed by atoms with Crippen LogP contribution in [0.2, 0.25) is 0 Å². The van der Waals surface area contributed by atoms with E-state index in [1.807, 2.05) is 18.2 Å². The van der Waals surface area contributed by atoms with Gasteiger partial charge in [0, 0.05) is 38.1 Å². The Hall–Kier alpha value is -2.69. The van der Waals surface area contributed by atoms with Crippen LogP contribution >= 0.6 is 0 Å². The molecule has 24 heavy (non-hydrogen) atoms. The molecule has 1 aliphatic rings. The Bertz CT molecular complexity index is 859. The lowest BCUT2D eigenvalue weighted by molar-refractivity contribution is 0.613. The van der Waals surface area contributed by atoms with Gasteiger partial charge in [0.2, 0.25) is 0 Å². The average Bonchev–Trinajstić information content (AvgIpc) is 2.65. The van der Waals surface area contributed by atoms with E-state index in [0.717, 1.165) is 32.2 Å². The first kappa shape index (κ1) is 14.9. The first-order valence-electron chi connectivity index (χ1n) is 8.02. The molecule has 1 aliphatic heterocycles. The van der Waals surface area contributed by atoms with Crippen LogP contribution in [0.15, 0.2) is 54.7 Å². The van der Waals surface area contributed by atoms with Gasteiger partial charge >= 0.3 is 0 Å². The molecule has 0 amide bonds. The van der Waals surface area contributed by atoms with E-state index in [2.05, 4.69) is 26.9 Å². The zero-order valence-electron chi connectivity index (χ0n) is 13.1. The number of aromatic nitrogens is 1. The molecule has 122 valence electrons. The molecule has 3 aromatic rings. The Kier molecular flexibility index (Phi) is 3.76. The van der Waals surface area contributed by atoms with Gasteiger partial charge in [-0.15, -0.1) is 0 Å². The summed E-state index contributed by atoms with van der Waals surface area (Å²) in [7, 11) is 0. The van der Waals surface area contributed by atoms with Gasteiger partial charge in [-0.3, -0.25) is 4.98 Å². The topological polar surface area (TPSA) is 19.4 Å². The van der Waals surface area contributed by atoms with Crippen LogP contribution in [-0.4, -0.2) is 31.2 Å². The number of para-hydroxylation sites is 1. The van der Waals surface area contributed by atoms with E-state index in [9.17, 15) is 8.78 Å². The van der Waals surface area contributed by atoms with Gasteiger partial charge in [0.15, 0.2) is 0 Å². The molecule has 2 aromatic carbocycles. The predicted molar refractivity (Wildman–Crippen MR) is 92.5 cm³/mol. The maximum atomic E-state index is 14.3. The summed E-state index contributed by atoms with van der Waals surface area (Å²) in [5.41, 5.74) is 2.00. The molecule has 0 bridgehead atoms. The molecular formula is C19H17F2N3. The van der Waals surface area contributed by atoms with Crippen LogP contribution in [0.1, 0.15) is 0 Å². The second-order valence-corrected chi connectivity index (χ2v) is 5.89. The molecule has 0 unspecified atom stereocenters. The summed E-state index contributed by atoms with van der Waals surface area (Å²) in [6, 6.07) is 14.3. The molecule has 0 atom stereocenters. The van der Waals surface area contributed by atoms with E-state index >= 15 is 0 Å². The summed E-state index contributed by atoms with van der Waals surface area (Å²) in [5.74, 6) is -0.920. The quantitative estimate of drug-likeness (QED) is 0.714. The third kappa shape index (κ3) is 2.56. The van der Waals surface area contributed by atoms with Gasteiger partial charge in [0.25, 0.3) is 0 Å². The van der Waals surface area contributed by atoms with Crippen molar-refractivity contribution in [2.24, 2.45) is 0 Å². The number of rotatable bonds is 2. The number of benzene rings is 2. The number of nitrogens with zero attached hydrogens (tertiary/aromatic N) is 3. The van der Waals surface area contributed by atoms with Crippen LogP contribution in [0.3, 0.4) is 0 Å². The summed E-state index contributed by atoms with van der Waals surface area (Å²) in [6.07, 6.45) is 1.55. The van der Waals surface area contributed by atoms with Gasteiger partial charge in [-0.2, -0.15) is 0 Å². The number of halogens is 2. The molecule has 1 saturated heterocycles. The maximum absolute atomic E-state index is 14.3. The molecule has 0 saturated carbocycles. The minimum absolute atomic E-state index is 0.0954. The number of hydrogen-bond donors (Lipinski definition) is 0. The van der Waals surface area contributed by atoms with E-state index < -0.39 is 11.6 Å². The highest BCUT2D eigenvalue weighted by Crippen LogP contribution is 2.30. The molecule has 5 heteroatoms. The van der Waals surface area contributed by atoms with E-state index in [4.69, 9.17) is 0 Å². The van der Waals surface area contributed by atoms with Gasteiger partial charge in [-0.05, 0) is 30.3 Å². The lowest BCUT2D eigenvalue weighted by Crippen LogP contribution is -2.46. The third-order valence-corrected chi connectivity index (χ3v) is 4.51. The SMILES string of the molecule is Fc1ccc(F)c2c(N3CCN(c4ccccc4)CC3)ccnc12. The van der Waals surface area contributed by atoms with Crippen molar-refractivity contribution in [2.75, 3.05) is 36.0 Å². The normalized spacial score (nSPS) is 15.1. The molecule has 0 radical (unpaired) electrons. The van der Waals surface area contributed by atoms with E-state index in [1.165, 1.54) is 11.8 Å². The van der Waals surface area contributed by atoms with Gasteiger partial charge in [-0.1, -0.05) is 18.2 Å². The Morgan fingerprint density at radius 2 is 1.42 bits per heavy atom. The fourth-order valence-corrected chi connectivity index (χ4v) is 3.28. The van der Waals surface area contributed by atoms with Crippen molar-refractivity contribution >= 4 is 22.3 Å². The number of fused-ring (bicyclic) bond motifs is 1. The van der Waals surface area contributed by atoms with Crippen molar-refractivity contribution in [3.05, 3.63) is 66.4 Å². The molecule has 3 nitrogen and oxygen atoms in total. The maximum Gasteiger partial charge on any atom is 0.149 e. The second kappa shape index (κ2) is 6.07. The molecule has 4 rings (SSSR count). The molecule has 0 aliphatic carbocycles. The Balaban J connectivity index is 1.63. The Morgan fingerprint density at radius 3 is 2.17 bits per heavy atom. The summed E-state index contributed by atoms with van der Waals surface area (Å²) >= 11 is 0. The molecule has 0 spiro atoms. The average molecular weight is 325 g/mol. The van der Waals surface area contributed by atoms with Crippen LogP contribution in [-0.2, 0) is 0 Å². The van der Waals surface area contributed by atoms with Crippen molar-refractivity contribution in [2.45, 2.75) is 0 Å². The largest absolute Gasteiger partial charge is 0.368 e. The van der Waals surface area contributed by atoms with Gasteiger partial charge in [0.05, 0.1) is 11.1 Å². The van der Waals surface area contributed by atoms with Crippen LogP contribution in [0.5, 0.6) is 0 Å². The molecule has 2 heterocycles. The number of anilines is 2.